The van der Waals surface area contributed by atoms with Crippen molar-refractivity contribution in [2.75, 3.05) is 39.4 Å². The lowest BCUT2D eigenvalue weighted by atomic mass is 10.1. The molecule has 0 aliphatic carbocycles. The number of nitrogens with one attached hydrogen (secondary N) is 1. The smallest absolute Gasteiger partial charge is 0.227 e. The van der Waals surface area contributed by atoms with Gasteiger partial charge in [-0.05, 0) is 26.8 Å². The number of ether oxygens (including phenoxy) is 1. The molecule has 1 aliphatic rings. The van der Waals surface area contributed by atoms with Crippen molar-refractivity contribution in [3.8, 4) is 0 Å². The van der Waals surface area contributed by atoms with Gasteiger partial charge in [-0.2, -0.15) is 0 Å². The lowest BCUT2D eigenvalue weighted by Gasteiger charge is -2.23. The van der Waals surface area contributed by atoms with E-state index in [0.29, 0.717) is 6.61 Å². The molecule has 0 spiro atoms. The van der Waals surface area contributed by atoms with Crippen molar-refractivity contribution in [3.05, 3.63) is 0 Å². The number of carbonyl (C=O) groups excluding carboxylic acids is 1. The molecule has 16 heavy (non-hydrogen) atoms. The Hall–Kier alpha value is -0.320. The van der Waals surface area contributed by atoms with Crippen LogP contribution in [0.15, 0.2) is 0 Å². The van der Waals surface area contributed by atoms with Gasteiger partial charge in [0.1, 0.15) is 0 Å². The second-order valence-corrected chi connectivity index (χ2v) is 3.80. The predicted octanol–water partition coefficient (Wildman–Crippen LogP) is 0.903. The van der Waals surface area contributed by atoms with E-state index in [1.54, 1.807) is 0 Å². The zero-order valence-electron chi connectivity index (χ0n) is 10.2. The molecule has 0 saturated carbocycles. The number of hydrogen-bond donors (Lipinski definition) is 1. The van der Waals surface area contributed by atoms with Crippen molar-refractivity contribution in [1.29, 1.82) is 0 Å². The van der Waals surface area contributed by atoms with Crippen LogP contribution in [0.4, 0.5) is 0 Å². The molecule has 0 aromatic carbocycles. The van der Waals surface area contributed by atoms with E-state index in [4.69, 9.17) is 4.74 Å². The Kier molecular flexibility index (Phi) is 8.61. The maximum absolute atomic E-state index is 12.0. The van der Waals surface area contributed by atoms with E-state index in [1.807, 2.05) is 18.7 Å². The summed E-state index contributed by atoms with van der Waals surface area (Å²) in [5, 5.41) is 3.22. The van der Waals surface area contributed by atoms with E-state index < -0.39 is 0 Å². The molecule has 1 rings (SSSR count). The highest BCUT2D eigenvalue weighted by Crippen LogP contribution is 2.11. The third kappa shape index (κ3) is 4.68. The molecule has 1 fully saturated rings. The van der Waals surface area contributed by atoms with Crippen molar-refractivity contribution >= 4 is 18.3 Å². The molecule has 0 radical (unpaired) electrons. The minimum absolute atomic E-state index is 0. The van der Waals surface area contributed by atoms with Crippen LogP contribution in [-0.2, 0) is 9.53 Å². The second-order valence-electron chi connectivity index (χ2n) is 3.80. The SMILES string of the molecule is CCOCCN(CC)C(=O)[C@@H]1CCNC1.Cl. The Bertz CT molecular complexity index is 196. The molecule has 1 saturated heterocycles. The molecule has 0 unspecified atom stereocenters. The average molecular weight is 251 g/mol. The van der Waals surface area contributed by atoms with Gasteiger partial charge in [0, 0.05) is 26.2 Å². The molecular formula is C11H23ClN2O2. The van der Waals surface area contributed by atoms with E-state index in [0.717, 1.165) is 39.2 Å². The van der Waals surface area contributed by atoms with E-state index in [2.05, 4.69) is 5.32 Å². The van der Waals surface area contributed by atoms with Crippen molar-refractivity contribution in [2.45, 2.75) is 20.3 Å². The number of rotatable bonds is 6. The summed E-state index contributed by atoms with van der Waals surface area (Å²) in [6.45, 7) is 8.67. The summed E-state index contributed by atoms with van der Waals surface area (Å²) in [6, 6.07) is 0. The van der Waals surface area contributed by atoms with Gasteiger partial charge in [-0.15, -0.1) is 12.4 Å². The molecule has 96 valence electrons. The summed E-state index contributed by atoms with van der Waals surface area (Å²) in [7, 11) is 0. The van der Waals surface area contributed by atoms with Gasteiger partial charge in [-0.25, -0.2) is 0 Å². The Morgan fingerprint density at radius 1 is 1.50 bits per heavy atom. The molecule has 0 bridgehead atoms. The molecule has 1 amide bonds. The molecule has 1 heterocycles. The summed E-state index contributed by atoms with van der Waals surface area (Å²) < 4.78 is 5.27. The highest BCUT2D eigenvalue weighted by molar-refractivity contribution is 5.85. The number of halogens is 1. The lowest BCUT2D eigenvalue weighted by molar-refractivity contribution is -0.135. The quantitative estimate of drug-likeness (QED) is 0.713. The fourth-order valence-corrected chi connectivity index (χ4v) is 1.87. The first-order valence-corrected chi connectivity index (χ1v) is 5.86. The molecular weight excluding hydrogens is 228 g/mol. The zero-order valence-corrected chi connectivity index (χ0v) is 11.0. The standard InChI is InChI=1S/C11H22N2O2.ClH/c1-3-13(7-8-15-4-2)11(14)10-5-6-12-9-10;/h10,12H,3-9H2,1-2H3;1H/t10-;/m1./s1. The minimum Gasteiger partial charge on any atom is -0.380 e. The van der Waals surface area contributed by atoms with Gasteiger partial charge < -0.3 is 15.0 Å². The second kappa shape index (κ2) is 8.79. The summed E-state index contributed by atoms with van der Waals surface area (Å²) in [5.74, 6) is 0.466. The van der Waals surface area contributed by atoms with Gasteiger partial charge in [0.25, 0.3) is 0 Å². The third-order valence-electron chi connectivity index (χ3n) is 2.81. The van der Waals surface area contributed by atoms with Gasteiger partial charge in [0.05, 0.1) is 12.5 Å². The maximum atomic E-state index is 12.0. The first-order chi connectivity index (χ1) is 7.29. The van der Waals surface area contributed by atoms with Crippen molar-refractivity contribution in [1.82, 2.24) is 10.2 Å². The summed E-state index contributed by atoms with van der Waals surface area (Å²) in [5.41, 5.74) is 0. The largest absolute Gasteiger partial charge is 0.380 e. The molecule has 5 heteroatoms. The van der Waals surface area contributed by atoms with Crippen LogP contribution in [0.1, 0.15) is 20.3 Å². The van der Waals surface area contributed by atoms with Crippen molar-refractivity contribution < 1.29 is 9.53 Å². The lowest BCUT2D eigenvalue weighted by Crippen LogP contribution is -2.39. The van der Waals surface area contributed by atoms with Crippen LogP contribution in [0, 0.1) is 5.92 Å². The predicted molar refractivity (Wildman–Crippen MR) is 67.0 cm³/mol. The maximum Gasteiger partial charge on any atom is 0.227 e. The summed E-state index contributed by atoms with van der Waals surface area (Å²) >= 11 is 0. The van der Waals surface area contributed by atoms with Gasteiger partial charge in [0.2, 0.25) is 5.91 Å². The van der Waals surface area contributed by atoms with E-state index in [9.17, 15) is 4.79 Å². The van der Waals surface area contributed by atoms with Gasteiger partial charge in [0.15, 0.2) is 0 Å². The van der Waals surface area contributed by atoms with Gasteiger partial charge in [-0.1, -0.05) is 0 Å². The number of likely N-dealkylation sites (N-methyl/N-ethyl adjacent to an activating group) is 1. The van der Waals surface area contributed by atoms with E-state index in [-0.39, 0.29) is 24.2 Å². The summed E-state index contributed by atoms with van der Waals surface area (Å²) in [4.78, 5) is 13.9. The average Bonchev–Trinajstić information content (AvgIpc) is 2.77. The Labute approximate surface area is 104 Å². The van der Waals surface area contributed by atoms with Crippen LogP contribution in [0.25, 0.3) is 0 Å². The number of amides is 1. The normalized spacial score (nSPS) is 19.2. The number of carbonyl (C=O) groups is 1. The Balaban J connectivity index is 0.00000225. The van der Waals surface area contributed by atoms with Crippen LogP contribution in [0.3, 0.4) is 0 Å². The zero-order chi connectivity index (χ0) is 11.1. The fourth-order valence-electron chi connectivity index (χ4n) is 1.87. The van der Waals surface area contributed by atoms with E-state index >= 15 is 0 Å². The van der Waals surface area contributed by atoms with Crippen LogP contribution in [0.2, 0.25) is 0 Å². The highest BCUT2D eigenvalue weighted by atomic mass is 35.5. The Morgan fingerprint density at radius 3 is 2.75 bits per heavy atom. The monoisotopic (exact) mass is 250 g/mol. The van der Waals surface area contributed by atoms with Crippen LogP contribution < -0.4 is 5.32 Å². The first kappa shape index (κ1) is 15.7. The third-order valence-corrected chi connectivity index (χ3v) is 2.81. The molecule has 0 aromatic rings. The van der Waals surface area contributed by atoms with E-state index in [1.165, 1.54) is 0 Å². The minimum atomic E-state index is 0. The highest BCUT2D eigenvalue weighted by Gasteiger charge is 2.25. The van der Waals surface area contributed by atoms with Crippen LogP contribution >= 0.6 is 12.4 Å². The van der Waals surface area contributed by atoms with Crippen LogP contribution in [0.5, 0.6) is 0 Å². The van der Waals surface area contributed by atoms with Gasteiger partial charge >= 0.3 is 0 Å². The first-order valence-electron chi connectivity index (χ1n) is 5.86. The fraction of sp³-hybridized carbons (Fsp3) is 0.909. The number of nitrogens with zero attached hydrogens (tertiary/aromatic N) is 1. The molecule has 1 atom stereocenters. The van der Waals surface area contributed by atoms with Crippen molar-refractivity contribution in [3.63, 3.8) is 0 Å². The molecule has 0 aromatic heterocycles. The topological polar surface area (TPSA) is 41.6 Å². The molecule has 4 nitrogen and oxygen atoms in total. The Morgan fingerprint density at radius 2 is 2.25 bits per heavy atom. The molecule has 1 aliphatic heterocycles. The summed E-state index contributed by atoms with van der Waals surface area (Å²) in [6.07, 6.45) is 0.976. The molecule has 1 N–H and O–H groups in total. The van der Waals surface area contributed by atoms with Crippen LogP contribution in [-0.4, -0.2) is 50.2 Å². The van der Waals surface area contributed by atoms with Crippen molar-refractivity contribution in [2.24, 2.45) is 5.92 Å². The number of hydrogen-bond acceptors (Lipinski definition) is 3. The van der Waals surface area contributed by atoms with Gasteiger partial charge in [-0.3, -0.25) is 4.79 Å².